The molecule has 106 valence electrons. The largest absolute Gasteiger partial charge is 0.496 e. The lowest BCUT2D eigenvalue weighted by molar-refractivity contribution is -0.140. The van der Waals surface area contributed by atoms with Gasteiger partial charge < -0.3 is 24.3 Å². The second-order valence-electron chi connectivity index (χ2n) is 3.57. The van der Waals surface area contributed by atoms with Crippen LogP contribution < -0.4 is 19.5 Å². The number of hydrogen-bond donors (Lipinski definition) is 1. The smallest absolute Gasteiger partial charge is 0.325 e. The van der Waals surface area contributed by atoms with E-state index in [1.807, 2.05) is 0 Å². The summed E-state index contributed by atoms with van der Waals surface area (Å²) in [4.78, 5) is 11.3. The lowest BCUT2D eigenvalue weighted by Crippen LogP contribution is -2.17. The first-order valence-corrected chi connectivity index (χ1v) is 5.85. The predicted octanol–water partition coefficient (Wildman–Crippen LogP) is 1.69. The molecule has 0 fully saturated rings. The molecule has 0 radical (unpaired) electrons. The minimum Gasteiger partial charge on any atom is -0.496 e. The number of ether oxygens (including phenoxy) is 4. The number of benzene rings is 1. The van der Waals surface area contributed by atoms with Crippen molar-refractivity contribution in [3.8, 4) is 17.2 Å². The van der Waals surface area contributed by atoms with E-state index in [-0.39, 0.29) is 12.5 Å². The molecule has 0 unspecified atom stereocenters. The Bertz CT molecular complexity index is 408. The molecule has 0 aliphatic rings. The molecular formula is C13H19NO5. The van der Waals surface area contributed by atoms with Crippen LogP contribution in [0.1, 0.15) is 6.92 Å². The lowest BCUT2D eigenvalue weighted by atomic mass is 10.2. The molecule has 0 aliphatic carbocycles. The van der Waals surface area contributed by atoms with Gasteiger partial charge in [0.05, 0.1) is 27.9 Å². The van der Waals surface area contributed by atoms with Crippen LogP contribution in [-0.2, 0) is 9.53 Å². The van der Waals surface area contributed by atoms with Gasteiger partial charge in [0.2, 0.25) is 0 Å². The Balaban J connectivity index is 2.94. The van der Waals surface area contributed by atoms with Crippen molar-refractivity contribution in [1.29, 1.82) is 0 Å². The zero-order valence-electron chi connectivity index (χ0n) is 11.6. The van der Waals surface area contributed by atoms with Crippen LogP contribution in [0.15, 0.2) is 12.1 Å². The fraction of sp³-hybridized carbons (Fsp3) is 0.462. The third-order valence-electron chi connectivity index (χ3n) is 2.43. The van der Waals surface area contributed by atoms with Crippen molar-refractivity contribution < 1.29 is 23.7 Å². The molecule has 0 aliphatic heterocycles. The SMILES string of the molecule is CCOC(=O)CNc1c(OC)cc(OC)cc1OC. The van der Waals surface area contributed by atoms with Gasteiger partial charge in [-0.15, -0.1) is 0 Å². The molecule has 1 aromatic rings. The molecule has 0 saturated carbocycles. The van der Waals surface area contributed by atoms with E-state index < -0.39 is 0 Å². The monoisotopic (exact) mass is 269 g/mol. The maximum Gasteiger partial charge on any atom is 0.325 e. The molecule has 0 bridgehead atoms. The van der Waals surface area contributed by atoms with Crippen LogP contribution in [0.4, 0.5) is 5.69 Å². The maximum atomic E-state index is 11.3. The molecule has 1 N–H and O–H groups in total. The second-order valence-corrected chi connectivity index (χ2v) is 3.57. The molecule has 19 heavy (non-hydrogen) atoms. The summed E-state index contributed by atoms with van der Waals surface area (Å²) in [5.41, 5.74) is 0.582. The fourth-order valence-electron chi connectivity index (χ4n) is 1.55. The van der Waals surface area contributed by atoms with E-state index >= 15 is 0 Å². The summed E-state index contributed by atoms with van der Waals surface area (Å²) < 4.78 is 20.5. The van der Waals surface area contributed by atoms with Gasteiger partial charge in [-0.3, -0.25) is 4.79 Å². The van der Waals surface area contributed by atoms with E-state index in [0.29, 0.717) is 29.5 Å². The number of methoxy groups -OCH3 is 3. The first kappa shape index (κ1) is 14.9. The van der Waals surface area contributed by atoms with E-state index in [2.05, 4.69) is 5.32 Å². The summed E-state index contributed by atoms with van der Waals surface area (Å²) in [6.07, 6.45) is 0. The van der Waals surface area contributed by atoms with Crippen molar-refractivity contribution in [2.24, 2.45) is 0 Å². The molecule has 1 aromatic carbocycles. The zero-order valence-corrected chi connectivity index (χ0v) is 11.6. The first-order valence-electron chi connectivity index (χ1n) is 5.85. The van der Waals surface area contributed by atoms with Crippen molar-refractivity contribution >= 4 is 11.7 Å². The maximum absolute atomic E-state index is 11.3. The standard InChI is InChI=1S/C13H19NO5/c1-5-19-12(15)8-14-13-10(17-3)6-9(16-2)7-11(13)18-4/h6-7,14H,5,8H2,1-4H3. The average molecular weight is 269 g/mol. The van der Waals surface area contributed by atoms with E-state index in [9.17, 15) is 4.79 Å². The minimum atomic E-state index is -0.345. The molecule has 0 spiro atoms. The molecule has 0 heterocycles. The van der Waals surface area contributed by atoms with E-state index in [4.69, 9.17) is 18.9 Å². The van der Waals surface area contributed by atoms with Gasteiger partial charge in [-0.25, -0.2) is 0 Å². The Morgan fingerprint density at radius 3 is 2.11 bits per heavy atom. The number of nitrogens with one attached hydrogen (secondary N) is 1. The fourth-order valence-corrected chi connectivity index (χ4v) is 1.55. The van der Waals surface area contributed by atoms with Gasteiger partial charge in [-0.2, -0.15) is 0 Å². The van der Waals surface area contributed by atoms with Crippen LogP contribution in [0.3, 0.4) is 0 Å². The van der Waals surface area contributed by atoms with Crippen LogP contribution in [-0.4, -0.2) is 40.5 Å². The number of carbonyl (C=O) groups excluding carboxylic acids is 1. The van der Waals surface area contributed by atoms with Gasteiger partial charge in [-0.1, -0.05) is 0 Å². The highest BCUT2D eigenvalue weighted by Gasteiger charge is 2.14. The number of hydrogen-bond acceptors (Lipinski definition) is 6. The number of carbonyl (C=O) groups is 1. The van der Waals surface area contributed by atoms with Gasteiger partial charge in [0.15, 0.2) is 0 Å². The van der Waals surface area contributed by atoms with Crippen molar-refractivity contribution in [1.82, 2.24) is 0 Å². The minimum absolute atomic E-state index is 0.0346. The van der Waals surface area contributed by atoms with Crippen molar-refractivity contribution in [3.63, 3.8) is 0 Å². The Labute approximate surface area is 112 Å². The molecule has 0 saturated heterocycles. The highest BCUT2D eigenvalue weighted by Crippen LogP contribution is 2.38. The van der Waals surface area contributed by atoms with Crippen LogP contribution in [0, 0.1) is 0 Å². The van der Waals surface area contributed by atoms with Gasteiger partial charge in [0.25, 0.3) is 0 Å². The van der Waals surface area contributed by atoms with Gasteiger partial charge in [0.1, 0.15) is 29.5 Å². The van der Waals surface area contributed by atoms with Crippen LogP contribution in [0.5, 0.6) is 17.2 Å². The van der Waals surface area contributed by atoms with Crippen molar-refractivity contribution in [2.75, 3.05) is 39.8 Å². The molecule has 6 nitrogen and oxygen atoms in total. The molecule has 1 rings (SSSR count). The van der Waals surface area contributed by atoms with Crippen molar-refractivity contribution in [2.45, 2.75) is 6.92 Å². The predicted molar refractivity (Wildman–Crippen MR) is 71.2 cm³/mol. The Morgan fingerprint density at radius 1 is 1.11 bits per heavy atom. The molecular weight excluding hydrogens is 250 g/mol. The highest BCUT2D eigenvalue weighted by atomic mass is 16.5. The topological polar surface area (TPSA) is 66.0 Å². The van der Waals surface area contributed by atoms with Crippen LogP contribution in [0.25, 0.3) is 0 Å². The van der Waals surface area contributed by atoms with E-state index in [1.165, 1.54) is 14.2 Å². The van der Waals surface area contributed by atoms with Crippen LogP contribution >= 0.6 is 0 Å². The van der Waals surface area contributed by atoms with Crippen LogP contribution in [0.2, 0.25) is 0 Å². The quantitative estimate of drug-likeness (QED) is 0.760. The summed E-state index contributed by atoms with van der Waals surface area (Å²) in [5.74, 6) is 1.32. The lowest BCUT2D eigenvalue weighted by Gasteiger charge is -2.16. The molecule has 6 heteroatoms. The number of anilines is 1. The Kier molecular flexibility index (Phi) is 5.78. The Hall–Kier alpha value is -2.11. The summed E-state index contributed by atoms with van der Waals surface area (Å²) in [6.45, 7) is 2.14. The molecule has 0 amide bonds. The number of rotatable bonds is 7. The average Bonchev–Trinajstić information content (AvgIpc) is 2.44. The molecule has 0 aromatic heterocycles. The molecule has 0 atom stereocenters. The highest BCUT2D eigenvalue weighted by molar-refractivity contribution is 5.78. The van der Waals surface area contributed by atoms with E-state index in [0.717, 1.165) is 0 Å². The van der Waals surface area contributed by atoms with Gasteiger partial charge in [0, 0.05) is 12.1 Å². The number of esters is 1. The third kappa shape index (κ3) is 3.94. The normalized spacial score (nSPS) is 9.68. The zero-order chi connectivity index (χ0) is 14.3. The second kappa shape index (κ2) is 7.35. The summed E-state index contributed by atoms with van der Waals surface area (Å²) >= 11 is 0. The first-order chi connectivity index (χ1) is 9.15. The summed E-state index contributed by atoms with van der Waals surface area (Å²) in [7, 11) is 4.62. The Morgan fingerprint density at radius 2 is 1.68 bits per heavy atom. The summed E-state index contributed by atoms with van der Waals surface area (Å²) in [5, 5.41) is 2.94. The van der Waals surface area contributed by atoms with Gasteiger partial charge in [-0.05, 0) is 6.92 Å². The van der Waals surface area contributed by atoms with Crippen molar-refractivity contribution in [3.05, 3.63) is 12.1 Å². The van der Waals surface area contributed by atoms with E-state index in [1.54, 1.807) is 26.2 Å². The van der Waals surface area contributed by atoms with Gasteiger partial charge >= 0.3 is 5.97 Å². The third-order valence-corrected chi connectivity index (χ3v) is 2.43. The summed E-state index contributed by atoms with van der Waals surface area (Å²) in [6, 6.07) is 3.41.